The van der Waals surface area contributed by atoms with Crippen molar-refractivity contribution in [3.05, 3.63) is 0 Å². The predicted molar refractivity (Wildman–Crippen MR) is 67.3 cm³/mol. The van der Waals surface area contributed by atoms with Gasteiger partial charge in [-0.05, 0) is 33.6 Å². The van der Waals surface area contributed by atoms with Crippen LogP contribution in [-0.2, 0) is 14.3 Å². The van der Waals surface area contributed by atoms with Crippen molar-refractivity contribution in [2.45, 2.75) is 39.2 Å². The van der Waals surface area contributed by atoms with Crippen LogP contribution in [0.15, 0.2) is 0 Å². The number of nitrogens with zero attached hydrogens (tertiary/aromatic N) is 1. The average Bonchev–Trinajstić information content (AvgIpc) is 2.27. The molecule has 1 fully saturated rings. The molecular weight excluding hydrogens is 258 g/mol. The first-order chi connectivity index (χ1) is 8.33. The Balaban J connectivity index is 2.53. The van der Waals surface area contributed by atoms with Crippen molar-refractivity contribution in [3.8, 4) is 0 Å². The Morgan fingerprint density at radius 3 is 2.61 bits per heavy atom. The first-order valence-electron chi connectivity index (χ1n) is 6.04. The summed E-state index contributed by atoms with van der Waals surface area (Å²) in [4.78, 5) is 25.0. The van der Waals surface area contributed by atoms with Crippen molar-refractivity contribution in [2.24, 2.45) is 5.92 Å². The van der Waals surface area contributed by atoms with Crippen molar-refractivity contribution in [1.82, 2.24) is 4.90 Å². The van der Waals surface area contributed by atoms with Crippen LogP contribution in [0, 0.1) is 5.92 Å². The lowest BCUT2D eigenvalue weighted by Gasteiger charge is -2.33. The SMILES string of the molecule is CC(C)(C)OC(=O)N1CCCC(C(=O)OCCl)C1. The largest absolute Gasteiger partial charge is 0.449 e. The number of halogens is 1. The summed E-state index contributed by atoms with van der Waals surface area (Å²) in [7, 11) is 0. The number of amides is 1. The summed E-state index contributed by atoms with van der Waals surface area (Å²) in [6.07, 6.45) is 1.10. The molecule has 0 saturated carbocycles. The van der Waals surface area contributed by atoms with E-state index in [2.05, 4.69) is 0 Å². The van der Waals surface area contributed by atoms with Crippen molar-refractivity contribution >= 4 is 23.7 Å². The number of hydrogen-bond donors (Lipinski definition) is 0. The smallest absolute Gasteiger partial charge is 0.410 e. The highest BCUT2D eigenvalue weighted by atomic mass is 35.5. The number of rotatable bonds is 2. The molecule has 5 nitrogen and oxygen atoms in total. The minimum atomic E-state index is -0.527. The van der Waals surface area contributed by atoms with Gasteiger partial charge in [-0.1, -0.05) is 11.6 Å². The molecule has 0 aliphatic carbocycles. The van der Waals surface area contributed by atoms with Crippen LogP contribution in [0.1, 0.15) is 33.6 Å². The highest BCUT2D eigenvalue weighted by molar-refractivity contribution is 6.17. The third-order valence-corrected chi connectivity index (χ3v) is 2.71. The van der Waals surface area contributed by atoms with Crippen molar-refractivity contribution in [3.63, 3.8) is 0 Å². The van der Waals surface area contributed by atoms with Crippen LogP contribution in [-0.4, -0.2) is 41.7 Å². The van der Waals surface area contributed by atoms with Crippen molar-refractivity contribution in [1.29, 1.82) is 0 Å². The molecule has 1 heterocycles. The Labute approximate surface area is 112 Å². The van der Waals surface area contributed by atoms with Crippen molar-refractivity contribution < 1.29 is 19.1 Å². The Morgan fingerprint density at radius 2 is 2.06 bits per heavy atom. The van der Waals surface area contributed by atoms with Gasteiger partial charge < -0.3 is 14.4 Å². The average molecular weight is 278 g/mol. The summed E-state index contributed by atoms with van der Waals surface area (Å²) < 4.78 is 10.0. The fourth-order valence-electron chi connectivity index (χ4n) is 1.83. The number of ether oxygens (including phenoxy) is 2. The van der Waals surface area contributed by atoms with Gasteiger partial charge in [0, 0.05) is 13.1 Å². The van der Waals surface area contributed by atoms with E-state index in [4.69, 9.17) is 21.1 Å². The predicted octanol–water partition coefficient (Wildman–Crippen LogP) is 2.37. The number of carbonyl (C=O) groups excluding carboxylic acids is 2. The highest BCUT2D eigenvalue weighted by Crippen LogP contribution is 2.20. The minimum absolute atomic E-state index is 0.151. The summed E-state index contributed by atoms with van der Waals surface area (Å²) in [5.41, 5.74) is -0.527. The van der Waals surface area contributed by atoms with Gasteiger partial charge in [-0.15, -0.1) is 0 Å². The second kappa shape index (κ2) is 6.27. The maximum Gasteiger partial charge on any atom is 0.410 e. The molecule has 0 radical (unpaired) electrons. The monoisotopic (exact) mass is 277 g/mol. The molecular formula is C12H20ClNO4. The molecule has 104 valence electrons. The van der Waals surface area contributed by atoms with Gasteiger partial charge in [0.15, 0.2) is 6.07 Å². The first-order valence-corrected chi connectivity index (χ1v) is 6.57. The van der Waals surface area contributed by atoms with Crippen LogP contribution in [0.5, 0.6) is 0 Å². The zero-order valence-electron chi connectivity index (χ0n) is 11.1. The molecule has 0 bridgehead atoms. The molecule has 0 aromatic carbocycles. The molecule has 1 saturated heterocycles. The van der Waals surface area contributed by atoms with E-state index < -0.39 is 5.60 Å². The molecule has 0 aromatic heterocycles. The van der Waals surface area contributed by atoms with Crippen LogP contribution in [0.3, 0.4) is 0 Å². The third kappa shape index (κ3) is 4.72. The number of carbonyl (C=O) groups is 2. The maximum atomic E-state index is 11.9. The Kier molecular flexibility index (Phi) is 5.26. The van der Waals surface area contributed by atoms with E-state index in [0.717, 1.165) is 12.8 Å². The molecule has 0 aromatic rings. The van der Waals surface area contributed by atoms with Gasteiger partial charge in [0.05, 0.1) is 5.92 Å². The molecule has 6 heteroatoms. The fourth-order valence-corrected chi connectivity index (χ4v) is 1.94. The van der Waals surface area contributed by atoms with E-state index >= 15 is 0 Å². The standard InChI is InChI=1S/C12H20ClNO4/c1-12(2,3)18-11(16)14-6-4-5-9(7-14)10(15)17-8-13/h9H,4-8H2,1-3H3. The normalized spacial score (nSPS) is 20.4. The van der Waals surface area contributed by atoms with Gasteiger partial charge >= 0.3 is 12.1 Å². The van der Waals surface area contributed by atoms with Gasteiger partial charge in [0.1, 0.15) is 5.60 Å². The lowest BCUT2D eigenvalue weighted by molar-refractivity contribution is -0.148. The molecule has 1 atom stereocenters. The third-order valence-electron chi connectivity index (χ3n) is 2.60. The number of alkyl halides is 1. The van der Waals surface area contributed by atoms with Gasteiger partial charge in [0.2, 0.25) is 0 Å². The maximum absolute atomic E-state index is 11.9. The number of hydrogen-bond acceptors (Lipinski definition) is 4. The zero-order chi connectivity index (χ0) is 13.8. The van der Waals surface area contributed by atoms with Crippen LogP contribution in [0.25, 0.3) is 0 Å². The first kappa shape index (κ1) is 15.1. The molecule has 0 spiro atoms. The summed E-state index contributed by atoms with van der Waals surface area (Å²) in [6.45, 7) is 6.39. The Morgan fingerprint density at radius 1 is 1.39 bits per heavy atom. The van der Waals surface area contributed by atoms with Crippen molar-refractivity contribution in [2.75, 3.05) is 19.2 Å². The molecule has 18 heavy (non-hydrogen) atoms. The zero-order valence-corrected chi connectivity index (χ0v) is 11.8. The lowest BCUT2D eigenvalue weighted by atomic mass is 9.99. The summed E-state index contributed by atoms with van der Waals surface area (Å²) >= 11 is 5.35. The van der Waals surface area contributed by atoms with E-state index in [1.54, 1.807) is 4.90 Å². The van der Waals surface area contributed by atoms with E-state index in [1.807, 2.05) is 20.8 Å². The van der Waals surface area contributed by atoms with Gasteiger partial charge in [-0.3, -0.25) is 4.79 Å². The molecule has 1 aliphatic heterocycles. The molecule has 0 N–H and O–H groups in total. The Hall–Kier alpha value is -0.970. The van der Waals surface area contributed by atoms with E-state index in [1.165, 1.54) is 0 Å². The number of piperidine rings is 1. The summed E-state index contributed by atoms with van der Waals surface area (Å²) in [6, 6.07) is -0.151. The van der Waals surface area contributed by atoms with E-state index in [-0.39, 0.29) is 24.0 Å². The van der Waals surface area contributed by atoms with Gasteiger partial charge in [-0.2, -0.15) is 0 Å². The van der Waals surface area contributed by atoms with Gasteiger partial charge in [0.25, 0.3) is 0 Å². The molecule has 1 unspecified atom stereocenters. The van der Waals surface area contributed by atoms with Crippen LogP contribution in [0.4, 0.5) is 4.79 Å². The molecule has 1 amide bonds. The van der Waals surface area contributed by atoms with Gasteiger partial charge in [-0.25, -0.2) is 4.79 Å². The quantitative estimate of drug-likeness (QED) is 0.574. The second-order valence-electron chi connectivity index (χ2n) is 5.34. The summed E-state index contributed by atoms with van der Waals surface area (Å²) in [5.74, 6) is -0.650. The van der Waals surface area contributed by atoms with Crippen LogP contribution in [0.2, 0.25) is 0 Å². The fraction of sp³-hybridized carbons (Fsp3) is 0.833. The van der Waals surface area contributed by atoms with Crippen LogP contribution >= 0.6 is 11.6 Å². The Bertz CT molecular complexity index is 314. The number of likely N-dealkylation sites (tertiary alicyclic amines) is 1. The topological polar surface area (TPSA) is 55.8 Å². The molecule has 1 rings (SSSR count). The second-order valence-corrected chi connectivity index (χ2v) is 5.56. The van der Waals surface area contributed by atoms with Crippen LogP contribution < -0.4 is 0 Å². The highest BCUT2D eigenvalue weighted by Gasteiger charge is 2.31. The van der Waals surface area contributed by atoms with E-state index in [9.17, 15) is 9.59 Å². The number of esters is 1. The lowest BCUT2D eigenvalue weighted by Crippen LogP contribution is -2.45. The molecule has 1 aliphatic rings. The minimum Gasteiger partial charge on any atom is -0.449 e. The summed E-state index contributed by atoms with van der Waals surface area (Å²) in [5, 5.41) is 0. The van der Waals surface area contributed by atoms with E-state index in [0.29, 0.717) is 13.1 Å².